The molecular weight excluding hydrogens is 560 g/mol. The van der Waals surface area contributed by atoms with E-state index >= 15 is 0 Å². The monoisotopic (exact) mass is 588 g/mol. The molecule has 3 amide bonds. The molecule has 1 fully saturated rings. The van der Waals surface area contributed by atoms with Gasteiger partial charge in [0, 0.05) is 11.1 Å². The lowest BCUT2D eigenvalue weighted by molar-refractivity contribution is -0.127. The molecule has 1 aliphatic heterocycles. The van der Waals surface area contributed by atoms with E-state index in [4.69, 9.17) is 9.47 Å². The molecule has 0 bridgehead atoms. The van der Waals surface area contributed by atoms with Gasteiger partial charge in [-0.25, -0.2) is 0 Å². The highest BCUT2D eigenvalue weighted by Gasteiger charge is 2.36. The average molecular weight is 589 g/mol. The van der Waals surface area contributed by atoms with E-state index < -0.39 is 17.1 Å². The van der Waals surface area contributed by atoms with Crippen LogP contribution in [0.15, 0.2) is 108 Å². The lowest BCUT2D eigenvalue weighted by atomic mass is 10.1. The van der Waals surface area contributed by atoms with Gasteiger partial charge in [-0.1, -0.05) is 84.9 Å². The summed E-state index contributed by atoms with van der Waals surface area (Å²) in [5, 5.41) is 6.46. The molecule has 7 nitrogen and oxygen atoms in total. The summed E-state index contributed by atoms with van der Waals surface area (Å²) in [7, 11) is 0. The predicted octanol–water partition coefficient (Wildman–Crippen LogP) is 7.65. The van der Waals surface area contributed by atoms with Crippen molar-refractivity contribution in [3.8, 4) is 11.5 Å². The maximum atomic E-state index is 13.1. The molecule has 0 saturated carbocycles. The van der Waals surface area contributed by atoms with Gasteiger partial charge in [-0.05, 0) is 70.2 Å². The summed E-state index contributed by atoms with van der Waals surface area (Å²) in [6, 6.07) is 32.9. The maximum Gasteiger partial charge on any atom is 0.294 e. The zero-order valence-corrected chi connectivity index (χ0v) is 24.2. The van der Waals surface area contributed by atoms with Gasteiger partial charge in [-0.3, -0.25) is 19.3 Å². The number of hydrogen-bond donors (Lipinski definition) is 1. The number of fused-ring (bicyclic) bond motifs is 2. The number of rotatable bonds is 9. The fourth-order valence-electron chi connectivity index (χ4n) is 5.03. The lowest BCUT2D eigenvalue weighted by Crippen LogP contribution is -2.36. The maximum absolute atomic E-state index is 13.1. The molecule has 1 saturated heterocycles. The SMILES string of the molecule is CCOc1cc(/C=C2/SC(=O)N(CC(=O)Nc3cccc4ccccc34)C2=O)ccc1OCc1cccc2ccccc12. The van der Waals surface area contributed by atoms with Crippen LogP contribution in [0, 0.1) is 0 Å². The Kier molecular flexibility index (Phi) is 8.11. The number of nitrogens with one attached hydrogen (secondary N) is 1. The van der Waals surface area contributed by atoms with Crippen LogP contribution in [0.5, 0.6) is 11.5 Å². The van der Waals surface area contributed by atoms with Crippen LogP contribution in [0.4, 0.5) is 10.5 Å². The van der Waals surface area contributed by atoms with Gasteiger partial charge < -0.3 is 14.8 Å². The van der Waals surface area contributed by atoms with Crippen LogP contribution < -0.4 is 14.8 Å². The molecule has 0 radical (unpaired) electrons. The molecule has 0 aliphatic carbocycles. The van der Waals surface area contributed by atoms with E-state index in [1.165, 1.54) is 0 Å². The number of amides is 3. The van der Waals surface area contributed by atoms with Crippen LogP contribution in [0.2, 0.25) is 0 Å². The minimum Gasteiger partial charge on any atom is -0.490 e. The van der Waals surface area contributed by atoms with Crippen LogP contribution in [0.1, 0.15) is 18.1 Å². The second-order valence-electron chi connectivity index (χ2n) is 9.91. The van der Waals surface area contributed by atoms with Crippen LogP contribution in [0.3, 0.4) is 0 Å². The number of anilines is 1. The number of imide groups is 1. The fraction of sp³-hybridized carbons (Fsp3) is 0.114. The average Bonchev–Trinajstić information content (AvgIpc) is 3.28. The Balaban J connectivity index is 1.15. The van der Waals surface area contributed by atoms with Gasteiger partial charge in [0.25, 0.3) is 11.1 Å². The van der Waals surface area contributed by atoms with Gasteiger partial charge in [-0.2, -0.15) is 0 Å². The van der Waals surface area contributed by atoms with Crippen LogP contribution in [-0.2, 0) is 16.2 Å². The smallest absolute Gasteiger partial charge is 0.294 e. The third kappa shape index (κ3) is 6.10. The van der Waals surface area contributed by atoms with Gasteiger partial charge in [0.15, 0.2) is 11.5 Å². The van der Waals surface area contributed by atoms with Crippen molar-refractivity contribution in [1.29, 1.82) is 0 Å². The number of benzene rings is 5. The Labute approximate surface area is 253 Å². The van der Waals surface area contributed by atoms with E-state index in [2.05, 4.69) is 23.5 Å². The molecule has 43 heavy (non-hydrogen) atoms. The van der Waals surface area contributed by atoms with Gasteiger partial charge in [0.1, 0.15) is 13.2 Å². The van der Waals surface area contributed by atoms with Crippen LogP contribution in [0.25, 0.3) is 27.6 Å². The Morgan fingerprint density at radius 1 is 0.814 bits per heavy atom. The van der Waals surface area contributed by atoms with Crippen molar-refractivity contribution in [2.75, 3.05) is 18.5 Å². The highest BCUT2D eigenvalue weighted by molar-refractivity contribution is 8.18. The Morgan fingerprint density at radius 3 is 2.30 bits per heavy atom. The Morgan fingerprint density at radius 2 is 1.51 bits per heavy atom. The van der Waals surface area contributed by atoms with Gasteiger partial charge >= 0.3 is 0 Å². The third-order valence-corrected chi connectivity index (χ3v) is 7.97. The second kappa shape index (κ2) is 12.4. The summed E-state index contributed by atoms with van der Waals surface area (Å²) in [6.07, 6.45) is 1.63. The van der Waals surface area contributed by atoms with Crippen molar-refractivity contribution in [2.24, 2.45) is 0 Å². The Bertz CT molecular complexity index is 1890. The van der Waals surface area contributed by atoms with Crippen molar-refractivity contribution >= 4 is 62.1 Å². The Hall–Kier alpha value is -5.08. The molecule has 214 valence electrons. The van der Waals surface area contributed by atoms with Gasteiger partial charge in [0.2, 0.25) is 5.91 Å². The summed E-state index contributed by atoms with van der Waals surface area (Å²) in [5.41, 5.74) is 2.35. The van der Waals surface area contributed by atoms with E-state index in [1.807, 2.05) is 73.7 Å². The van der Waals surface area contributed by atoms with E-state index in [0.29, 0.717) is 36.0 Å². The fourth-order valence-corrected chi connectivity index (χ4v) is 5.87. The molecule has 8 heteroatoms. The second-order valence-corrected chi connectivity index (χ2v) is 10.9. The summed E-state index contributed by atoms with van der Waals surface area (Å²) < 4.78 is 12.0. The quantitative estimate of drug-likeness (QED) is 0.178. The molecule has 0 spiro atoms. The zero-order chi connectivity index (χ0) is 29.8. The third-order valence-electron chi connectivity index (χ3n) is 7.07. The first kappa shape index (κ1) is 28.1. The number of carbonyl (C=O) groups excluding carboxylic acids is 3. The number of thioether (sulfide) groups is 1. The molecule has 0 atom stereocenters. The van der Waals surface area contributed by atoms with E-state index in [-0.39, 0.29) is 11.4 Å². The van der Waals surface area contributed by atoms with E-state index in [1.54, 1.807) is 24.3 Å². The van der Waals surface area contributed by atoms with Gasteiger partial charge in [-0.15, -0.1) is 0 Å². The molecule has 5 aromatic rings. The van der Waals surface area contributed by atoms with E-state index in [9.17, 15) is 14.4 Å². The summed E-state index contributed by atoms with van der Waals surface area (Å²) in [5.74, 6) is 0.138. The summed E-state index contributed by atoms with van der Waals surface area (Å²) in [6.45, 7) is 2.29. The summed E-state index contributed by atoms with van der Waals surface area (Å²) >= 11 is 0.806. The number of carbonyl (C=O) groups is 3. The molecule has 0 aromatic heterocycles. The van der Waals surface area contributed by atoms with Crippen LogP contribution in [-0.4, -0.2) is 35.1 Å². The van der Waals surface area contributed by atoms with Crippen molar-refractivity contribution in [1.82, 2.24) is 4.90 Å². The molecular formula is C35H28N2O5S. The number of nitrogens with zero attached hydrogens (tertiary/aromatic N) is 1. The molecule has 1 N–H and O–H groups in total. The zero-order valence-electron chi connectivity index (χ0n) is 23.4. The van der Waals surface area contributed by atoms with Crippen molar-refractivity contribution < 1.29 is 23.9 Å². The summed E-state index contributed by atoms with van der Waals surface area (Å²) in [4.78, 5) is 39.9. The standard InChI is InChI=1S/C35H28N2O5S/c1-2-41-31-19-23(17-18-30(31)42-22-26-13-7-11-24-9-3-5-14-27(24)26)20-32-34(39)37(35(40)43-32)21-33(38)36-29-16-8-12-25-10-4-6-15-28(25)29/h3-20H,2,21-22H2,1H3,(H,36,38)/b32-20+. The van der Waals surface area contributed by atoms with E-state index in [0.717, 1.165) is 43.8 Å². The molecule has 5 aromatic carbocycles. The lowest BCUT2D eigenvalue weighted by Gasteiger charge is -2.14. The first-order valence-electron chi connectivity index (χ1n) is 13.9. The van der Waals surface area contributed by atoms with Crippen molar-refractivity contribution in [2.45, 2.75) is 13.5 Å². The first-order valence-corrected chi connectivity index (χ1v) is 14.7. The normalized spacial score (nSPS) is 14.1. The molecule has 6 rings (SSSR count). The first-order chi connectivity index (χ1) is 21.0. The largest absolute Gasteiger partial charge is 0.490 e. The number of ether oxygens (including phenoxy) is 2. The number of hydrogen-bond acceptors (Lipinski definition) is 6. The highest BCUT2D eigenvalue weighted by Crippen LogP contribution is 2.35. The van der Waals surface area contributed by atoms with Crippen molar-refractivity contribution in [3.05, 3.63) is 119 Å². The van der Waals surface area contributed by atoms with Gasteiger partial charge in [0.05, 0.1) is 11.5 Å². The highest BCUT2D eigenvalue weighted by atomic mass is 32.2. The van der Waals surface area contributed by atoms with Crippen molar-refractivity contribution in [3.63, 3.8) is 0 Å². The minimum atomic E-state index is -0.516. The predicted molar refractivity (Wildman–Crippen MR) is 171 cm³/mol. The molecule has 0 unspecified atom stereocenters. The topological polar surface area (TPSA) is 84.9 Å². The van der Waals surface area contributed by atoms with Crippen LogP contribution >= 0.6 is 11.8 Å². The minimum absolute atomic E-state index is 0.231. The molecule has 1 heterocycles. The molecule has 1 aliphatic rings.